The van der Waals surface area contributed by atoms with Crippen molar-refractivity contribution in [2.75, 3.05) is 32.2 Å². The molecule has 0 radical (unpaired) electrons. The number of pyridine rings is 1. The van der Waals surface area contributed by atoms with Crippen LogP contribution in [0.25, 0.3) is 0 Å². The smallest absolute Gasteiger partial charge is 0.261 e. The molecule has 0 spiro atoms. The van der Waals surface area contributed by atoms with E-state index in [9.17, 15) is 13.9 Å². The topological polar surface area (TPSA) is 45.6 Å². The van der Waals surface area contributed by atoms with E-state index in [1.165, 1.54) is 0 Å². The average Bonchev–Trinajstić information content (AvgIpc) is 2.34. The van der Waals surface area contributed by atoms with Crippen LogP contribution in [0.1, 0.15) is 18.1 Å². The zero-order valence-electron chi connectivity index (χ0n) is 10.5. The van der Waals surface area contributed by atoms with Crippen LogP contribution >= 0.6 is 0 Å². The lowest BCUT2D eigenvalue weighted by atomic mass is 10.1. The fourth-order valence-electron chi connectivity index (χ4n) is 1.39. The molecule has 1 atom stereocenters. The van der Waals surface area contributed by atoms with Crippen LogP contribution in [0, 0.1) is 0 Å². The van der Waals surface area contributed by atoms with E-state index in [2.05, 4.69) is 4.98 Å². The predicted molar refractivity (Wildman–Crippen MR) is 65.0 cm³/mol. The van der Waals surface area contributed by atoms with Gasteiger partial charge in [-0.15, -0.1) is 0 Å². The minimum absolute atomic E-state index is 0.0982. The van der Waals surface area contributed by atoms with Crippen molar-refractivity contribution in [2.45, 2.75) is 19.0 Å². The van der Waals surface area contributed by atoms with Crippen LogP contribution in [-0.2, 0) is 4.74 Å². The van der Waals surface area contributed by atoms with Gasteiger partial charge in [-0.2, -0.15) is 0 Å². The number of hydrogen-bond acceptors (Lipinski definition) is 4. The van der Waals surface area contributed by atoms with E-state index < -0.39 is 19.1 Å². The zero-order valence-corrected chi connectivity index (χ0v) is 10.5. The van der Waals surface area contributed by atoms with Crippen LogP contribution in [0.3, 0.4) is 0 Å². The number of nitrogens with zero attached hydrogens (tertiary/aromatic N) is 2. The molecule has 1 heterocycles. The summed E-state index contributed by atoms with van der Waals surface area (Å²) >= 11 is 0. The van der Waals surface area contributed by atoms with Crippen molar-refractivity contribution in [1.29, 1.82) is 0 Å². The molecule has 0 aliphatic rings. The van der Waals surface area contributed by atoms with Gasteiger partial charge in [0.15, 0.2) is 0 Å². The number of ether oxygens (including phenoxy) is 1. The largest absolute Gasteiger partial charge is 0.388 e. The molecule has 0 saturated carbocycles. The molecule has 1 aromatic rings. The van der Waals surface area contributed by atoms with E-state index in [1.807, 2.05) is 19.0 Å². The number of halogens is 2. The van der Waals surface area contributed by atoms with Gasteiger partial charge in [-0.25, -0.2) is 13.8 Å². The standard InChI is InChI=1S/C12H18F2N2O2/c1-16(2)12-4-3-9(7-15-12)10(17)5-6-18-8-11(13)14/h3-4,7,10-11,17H,5-6,8H2,1-2H3. The molecular weight excluding hydrogens is 242 g/mol. The van der Waals surface area contributed by atoms with Crippen LogP contribution in [0.2, 0.25) is 0 Å². The SMILES string of the molecule is CN(C)c1ccc(C(O)CCOCC(F)F)cn1. The first-order chi connectivity index (χ1) is 8.50. The first-order valence-corrected chi connectivity index (χ1v) is 5.68. The van der Waals surface area contributed by atoms with Gasteiger partial charge < -0.3 is 14.7 Å². The molecule has 0 amide bonds. The van der Waals surface area contributed by atoms with Crippen LogP contribution in [0.5, 0.6) is 0 Å². The van der Waals surface area contributed by atoms with Crippen molar-refractivity contribution in [1.82, 2.24) is 4.98 Å². The van der Waals surface area contributed by atoms with Crippen molar-refractivity contribution in [3.8, 4) is 0 Å². The van der Waals surface area contributed by atoms with E-state index in [4.69, 9.17) is 4.74 Å². The zero-order chi connectivity index (χ0) is 13.5. The highest BCUT2D eigenvalue weighted by atomic mass is 19.3. The average molecular weight is 260 g/mol. The normalized spacial score (nSPS) is 12.8. The van der Waals surface area contributed by atoms with E-state index >= 15 is 0 Å². The Bertz CT molecular complexity index is 344. The molecule has 0 fully saturated rings. The van der Waals surface area contributed by atoms with Gasteiger partial charge in [0, 0.05) is 33.3 Å². The van der Waals surface area contributed by atoms with Crippen molar-refractivity contribution >= 4 is 5.82 Å². The van der Waals surface area contributed by atoms with Gasteiger partial charge in [0.05, 0.1) is 6.10 Å². The third kappa shape index (κ3) is 4.93. The maximum atomic E-state index is 11.8. The summed E-state index contributed by atoms with van der Waals surface area (Å²) in [5, 5.41) is 9.79. The molecular formula is C12H18F2N2O2. The van der Waals surface area contributed by atoms with Crippen molar-refractivity contribution in [2.24, 2.45) is 0 Å². The molecule has 1 unspecified atom stereocenters. The molecule has 0 bridgehead atoms. The summed E-state index contributed by atoms with van der Waals surface area (Å²) in [6, 6.07) is 3.55. The Balaban J connectivity index is 2.39. The van der Waals surface area contributed by atoms with Gasteiger partial charge in [0.2, 0.25) is 0 Å². The lowest BCUT2D eigenvalue weighted by Gasteiger charge is -2.14. The quantitative estimate of drug-likeness (QED) is 0.760. The lowest BCUT2D eigenvalue weighted by Crippen LogP contribution is -2.11. The number of aromatic nitrogens is 1. The fraction of sp³-hybridized carbons (Fsp3) is 0.583. The van der Waals surface area contributed by atoms with Gasteiger partial charge in [-0.05, 0) is 11.6 Å². The number of hydrogen-bond donors (Lipinski definition) is 1. The molecule has 18 heavy (non-hydrogen) atoms. The molecule has 0 aromatic carbocycles. The lowest BCUT2D eigenvalue weighted by molar-refractivity contribution is 0.00478. The molecule has 102 valence electrons. The van der Waals surface area contributed by atoms with Gasteiger partial charge >= 0.3 is 0 Å². The Morgan fingerprint density at radius 2 is 2.11 bits per heavy atom. The summed E-state index contributed by atoms with van der Waals surface area (Å²) in [6.45, 7) is -0.495. The van der Waals surface area contributed by atoms with Gasteiger partial charge in [0.1, 0.15) is 12.4 Å². The Morgan fingerprint density at radius 1 is 1.39 bits per heavy atom. The summed E-state index contributed by atoms with van der Waals surface area (Å²) in [4.78, 5) is 6.01. The van der Waals surface area contributed by atoms with Crippen LogP contribution in [-0.4, -0.2) is 43.8 Å². The van der Waals surface area contributed by atoms with E-state index in [1.54, 1.807) is 18.3 Å². The summed E-state index contributed by atoms with van der Waals surface area (Å²) in [5.41, 5.74) is 0.654. The fourth-order valence-corrected chi connectivity index (χ4v) is 1.39. The van der Waals surface area contributed by atoms with Gasteiger partial charge in [0.25, 0.3) is 6.43 Å². The van der Waals surface area contributed by atoms with Crippen LogP contribution in [0.15, 0.2) is 18.3 Å². The Labute approximate surface area is 105 Å². The number of rotatable bonds is 7. The maximum absolute atomic E-state index is 11.8. The molecule has 6 heteroatoms. The second-order valence-corrected chi connectivity index (χ2v) is 4.11. The molecule has 1 rings (SSSR count). The van der Waals surface area contributed by atoms with Crippen molar-refractivity contribution in [3.05, 3.63) is 23.9 Å². The summed E-state index contributed by atoms with van der Waals surface area (Å²) in [5.74, 6) is 0.792. The molecule has 0 saturated heterocycles. The number of aliphatic hydroxyl groups excluding tert-OH is 1. The highest BCUT2D eigenvalue weighted by Gasteiger charge is 2.09. The van der Waals surface area contributed by atoms with Crippen LogP contribution < -0.4 is 4.90 Å². The Hall–Kier alpha value is -1.27. The highest BCUT2D eigenvalue weighted by molar-refractivity contribution is 5.37. The Kier molecular flexibility index (Phi) is 5.94. The predicted octanol–water partition coefficient (Wildman–Crippen LogP) is 1.85. The van der Waals surface area contributed by atoms with E-state index in [0.29, 0.717) is 5.56 Å². The molecule has 0 aliphatic heterocycles. The molecule has 1 aromatic heterocycles. The van der Waals surface area contributed by atoms with Crippen LogP contribution in [0.4, 0.5) is 14.6 Å². The summed E-state index contributed by atoms with van der Waals surface area (Å²) in [7, 11) is 3.74. The number of aliphatic hydroxyl groups is 1. The van der Waals surface area contributed by atoms with Crippen molar-refractivity contribution in [3.63, 3.8) is 0 Å². The molecule has 1 N–H and O–H groups in total. The third-order valence-corrected chi connectivity index (χ3v) is 2.39. The van der Waals surface area contributed by atoms with E-state index in [-0.39, 0.29) is 13.0 Å². The molecule has 4 nitrogen and oxygen atoms in total. The minimum atomic E-state index is -2.47. The highest BCUT2D eigenvalue weighted by Crippen LogP contribution is 2.17. The first kappa shape index (κ1) is 14.8. The minimum Gasteiger partial charge on any atom is -0.388 e. The molecule has 0 aliphatic carbocycles. The maximum Gasteiger partial charge on any atom is 0.261 e. The van der Waals surface area contributed by atoms with Gasteiger partial charge in [-0.3, -0.25) is 0 Å². The first-order valence-electron chi connectivity index (χ1n) is 5.68. The monoisotopic (exact) mass is 260 g/mol. The summed E-state index contributed by atoms with van der Waals surface area (Å²) in [6.07, 6.45) is -1.36. The number of alkyl halides is 2. The third-order valence-electron chi connectivity index (χ3n) is 2.39. The second-order valence-electron chi connectivity index (χ2n) is 4.11. The number of anilines is 1. The Morgan fingerprint density at radius 3 is 2.61 bits per heavy atom. The van der Waals surface area contributed by atoms with Gasteiger partial charge in [-0.1, -0.05) is 6.07 Å². The van der Waals surface area contributed by atoms with E-state index in [0.717, 1.165) is 5.82 Å². The summed E-state index contributed by atoms with van der Waals surface area (Å²) < 4.78 is 28.3. The van der Waals surface area contributed by atoms with Crippen molar-refractivity contribution < 1.29 is 18.6 Å². The second kappa shape index (κ2) is 7.23.